The summed E-state index contributed by atoms with van der Waals surface area (Å²) in [6.07, 6.45) is 11.9. The maximum absolute atomic E-state index is 13.3. The van der Waals surface area contributed by atoms with Crippen LogP contribution in [0, 0.1) is 0 Å². The summed E-state index contributed by atoms with van der Waals surface area (Å²) in [5.41, 5.74) is -2.66. The zero-order chi connectivity index (χ0) is 58.2. The Kier molecular flexibility index (Phi) is 32.9. The third-order valence-electron chi connectivity index (χ3n) is 11.5. The number of nitrogens with one attached hydrogen (secondary N) is 3. The van der Waals surface area contributed by atoms with Crippen molar-refractivity contribution in [2.75, 3.05) is 39.3 Å². The number of nitrogens with zero attached hydrogens (tertiary/aromatic N) is 3. The lowest BCUT2D eigenvalue weighted by molar-refractivity contribution is -0.197. The van der Waals surface area contributed by atoms with Gasteiger partial charge in [0, 0.05) is 71.4 Å². The van der Waals surface area contributed by atoms with Gasteiger partial charge in [0.2, 0.25) is 17.7 Å². The summed E-state index contributed by atoms with van der Waals surface area (Å²) in [7, 11) is 0. The lowest BCUT2D eigenvalue weighted by Crippen LogP contribution is -2.44. The first-order valence-corrected chi connectivity index (χ1v) is 28.3. The van der Waals surface area contributed by atoms with Gasteiger partial charge < -0.3 is 54.6 Å². The van der Waals surface area contributed by atoms with Crippen LogP contribution in [0.25, 0.3) is 0 Å². The number of aliphatic hydroxyl groups is 1. The molecule has 1 unspecified atom stereocenters. The minimum absolute atomic E-state index is 0.0375. The molecule has 0 aromatic carbocycles. The lowest BCUT2D eigenvalue weighted by Gasteiger charge is -2.29. The van der Waals surface area contributed by atoms with E-state index in [4.69, 9.17) is 23.8 Å². The van der Waals surface area contributed by atoms with Crippen LogP contribution >= 0.6 is 0 Å². The van der Waals surface area contributed by atoms with Crippen molar-refractivity contribution in [1.82, 2.24) is 30.8 Å². The normalized spacial score (nSPS) is 13.9. The van der Waals surface area contributed by atoms with E-state index in [1.54, 1.807) is 67.2 Å². The fourth-order valence-electron chi connectivity index (χ4n) is 7.87. The average Bonchev–Trinajstić information content (AvgIpc) is 3.60. The summed E-state index contributed by atoms with van der Waals surface area (Å²) in [6.45, 7) is 23.1. The molecule has 0 aliphatic carbocycles. The number of hydrogen-bond donors (Lipinski definition) is 4. The topological polar surface area (TPSA) is 266 Å². The number of imide groups is 1. The molecule has 0 bridgehead atoms. The molecule has 7 amide bonds. The molecule has 1 saturated heterocycles. The van der Waals surface area contributed by atoms with Gasteiger partial charge in [-0.1, -0.05) is 57.8 Å². The molecule has 21 nitrogen and oxygen atoms in total. The molecule has 0 saturated carbocycles. The Bertz CT molecular complexity index is 1820. The van der Waals surface area contributed by atoms with Crippen molar-refractivity contribution in [3.05, 3.63) is 0 Å². The number of esters is 1. The highest BCUT2D eigenvalue weighted by Gasteiger charge is 2.33. The number of hydrogen-bond acceptors (Lipinski definition) is 15. The Labute approximate surface area is 460 Å². The van der Waals surface area contributed by atoms with Crippen molar-refractivity contribution >= 4 is 53.7 Å². The number of amides is 7. The summed E-state index contributed by atoms with van der Waals surface area (Å²) in [5.74, 6) is -3.75. The van der Waals surface area contributed by atoms with Gasteiger partial charge in [-0.3, -0.25) is 24.0 Å². The van der Waals surface area contributed by atoms with E-state index in [9.17, 15) is 48.3 Å². The molecule has 4 N–H and O–H groups in total. The van der Waals surface area contributed by atoms with Gasteiger partial charge in [-0.25, -0.2) is 19.2 Å². The van der Waals surface area contributed by atoms with Gasteiger partial charge in [0.05, 0.1) is 12.0 Å². The molecule has 0 radical (unpaired) electrons. The third kappa shape index (κ3) is 37.4. The van der Waals surface area contributed by atoms with E-state index in [1.165, 1.54) is 24.2 Å². The first-order valence-electron chi connectivity index (χ1n) is 28.3. The van der Waals surface area contributed by atoms with Crippen LogP contribution in [0.2, 0.25) is 0 Å². The number of unbranched alkanes of at least 4 members (excludes halogenated alkanes) is 11. The summed E-state index contributed by atoms with van der Waals surface area (Å²) in [6, 6.07) is -0.997. The molecule has 21 heteroatoms. The van der Waals surface area contributed by atoms with Crippen LogP contribution in [-0.2, 0) is 57.3 Å². The fraction of sp³-hybridized carbons (Fsp3) is 0.839. The van der Waals surface area contributed by atoms with Crippen molar-refractivity contribution < 1.29 is 72.0 Å². The average molecular weight is 1100 g/mol. The molecular formula is C56H100N6O15. The van der Waals surface area contributed by atoms with Crippen LogP contribution in [0.5, 0.6) is 0 Å². The number of hydroxylamine groups is 2. The lowest BCUT2D eigenvalue weighted by atomic mass is 10.0. The zero-order valence-electron chi connectivity index (χ0n) is 49.2. The Morgan fingerprint density at radius 2 is 0.909 bits per heavy atom. The molecule has 0 aromatic rings. The standard InChI is InChI=1S/C56H100N6O15/c1-53(2,3)73-48(68)29-23-21-19-17-15-13-14-16-18-20-22-28-45(65)59-42(50(70)74-54(4,5)6)30-31-43(63)57-36-26-40-60(51(71)75-55(7,8)9)38-24-25-39-61(52(72)76-56(10,11)12)41-27-37-58-44(64)32-35-49(69)77-62-46(66)33-34-47(62)67/h42,48,68H,13-41H2,1-12H3,(H,57,63)(H,58,64)(H,59,65)/t42-,48?/m0/s1. The predicted molar refractivity (Wildman–Crippen MR) is 290 cm³/mol. The molecule has 77 heavy (non-hydrogen) atoms. The summed E-state index contributed by atoms with van der Waals surface area (Å²) in [5, 5.41) is 18.8. The smallest absolute Gasteiger partial charge is 0.410 e. The second-order valence-corrected chi connectivity index (χ2v) is 23.9. The Morgan fingerprint density at radius 1 is 0.494 bits per heavy atom. The highest BCUT2D eigenvalue weighted by Crippen LogP contribution is 2.19. The second-order valence-electron chi connectivity index (χ2n) is 23.9. The molecule has 1 aliphatic heterocycles. The summed E-state index contributed by atoms with van der Waals surface area (Å²) in [4.78, 5) is 121. The first kappa shape index (κ1) is 70.0. The van der Waals surface area contributed by atoms with Crippen LogP contribution in [0.4, 0.5) is 9.59 Å². The van der Waals surface area contributed by atoms with Crippen LogP contribution in [0.3, 0.4) is 0 Å². The molecule has 2 atom stereocenters. The van der Waals surface area contributed by atoms with Gasteiger partial charge in [-0.15, -0.1) is 5.06 Å². The van der Waals surface area contributed by atoms with Crippen LogP contribution in [-0.4, -0.2) is 148 Å². The van der Waals surface area contributed by atoms with Crippen LogP contribution < -0.4 is 16.0 Å². The van der Waals surface area contributed by atoms with E-state index in [0.29, 0.717) is 50.1 Å². The molecular weight excluding hydrogens is 997 g/mol. The highest BCUT2D eigenvalue weighted by molar-refractivity contribution is 6.01. The van der Waals surface area contributed by atoms with E-state index in [0.717, 1.165) is 44.9 Å². The molecule has 0 aromatic heterocycles. The maximum Gasteiger partial charge on any atom is 0.410 e. The van der Waals surface area contributed by atoms with Gasteiger partial charge in [0.15, 0.2) is 6.29 Å². The van der Waals surface area contributed by atoms with Crippen molar-refractivity contribution in [2.24, 2.45) is 0 Å². The van der Waals surface area contributed by atoms with Crippen LogP contribution in [0.15, 0.2) is 0 Å². The zero-order valence-corrected chi connectivity index (χ0v) is 49.2. The maximum atomic E-state index is 13.3. The van der Waals surface area contributed by atoms with Crippen molar-refractivity contribution in [3.63, 3.8) is 0 Å². The number of aliphatic hydroxyl groups excluding tert-OH is 1. The van der Waals surface area contributed by atoms with Crippen molar-refractivity contribution in [1.29, 1.82) is 0 Å². The monoisotopic (exact) mass is 1100 g/mol. The number of ether oxygens (including phenoxy) is 4. The van der Waals surface area contributed by atoms with E-state index in [1.807, 2.05) is 20.8 Å². The Morgan fingerprint density at radius 3 is 1.35 bits per heavy atom. The minimum Gasteiger partial charge on any atom is -0.458 e. The minimum atomic E-state index is -0.997. The Hall–Kier alpha value is -5.05. The third-order valence-corrected chi connectivity index (χ3v) is 11.5. The largest absolute Gasteiger partial charge is 0.458 e. The number of rotatable bonds is 37. The predicted octanol–water partition coefficient (Wildman–Crippen LogP) is 8.45. The Balaban J connectivity index is 2.59. The molecule has 1 rings (SSSR count). The molecule has 1 fully saturated rings. The molecule has 1 heterocycles. The van der Waals surface area contributed by atoms with Crippen molar-refractivity contribution in [2.45, 2.75) is 265 Å². The van der Waals surface area contributed by atoms with Gasteiger partial charge >= 0.3 is 24.1 Å². The van der Waals surface area contributed by atoms with Gasteiger partial charge in [-0.05, 0) is 134 Å². The van der Waals surface area contributed by atoms with Gasteiger partial charge in [0.25, 0.3) is 11.8 Å². The molecule has 1 aliphatic rings. The quantitative estimate of drug-likeness (QED) is 0.0149. The number of carbonyl (C=O) groups excluding carboxylic acids is 9. The summed E-state index contributed by atoms with van der Waals surface area (Å²) >= 11 is 0. The van der Waals surface area contributed by atoms with E-state index in [-0.39, 0.29) is 95.1 Å². The van der Waals surface area contributed by atoms with Gasteiger partial charge in [-0.2, -0.15) is 0 Å². The van der Waals surface area contributed by atoms with Crippen molar-refractivity contribution in [3.8, 4) is 0 Å². The van der Waals surface area contributed by atoms with E-state index in [2.05, 4.69) is 16.0 Å². The SMILES string of the molecule is CC(C)(C)OC(=O)[C@H](CCC(=O)NCCCN(CCCCN(CCCNC(=O)CCC(=O)ON1C(=O)CCC1=O)C(=O)OC(C)(C)C)C(=O)OC(C)(C)C)NC(=O)CCCCCCCCCCCCCC(O)OC(C)(C)C. The summed E-state index contributed by atoms with van der Waals surface area (Å²) < 4.78 is 22.4. The number of carbonyl (C=O) groups is 9. The highest BCUT2D eigenvalue weighted by atomic mass is 16.7. The fourth-order valence-corrected chi connectivity index (χ4v) is 7.87. The van der Waals surface area contributed by atoms with E-state index < -0.39 is 71.0 Å². The van der Waals surface area contributed by atoms with Gasteiger partial charge in [0.1, 0.15) is 22.8 Å². The van der Waals surface area contributed by atoms with E-state index >= 15 is 0 Å². The molecule has 444 valence electrons. The molecule has 0 spiro atoms. The van der Waals surface area contributed by atoms with Crippen LogP contribution in [0.1, 0.15) is 231 Å². The first-order chi connectivity index (χ1) is 35.8. The second kappa shape index (κ2) is 36.2.